The molecule has 0 bridgehead atoms. The van der Waals surface area contributed by atoms with E-state index in [1.807, 2.05) is 6.92 Å². The quantitative estimate of drug-likeness (QED) is 0.744. The standard InChI is InChI=1S/C11H17NO/c1-8-4-5-11(9(2)6-8)12-10(3)7-13/h4-6,10,12-13H,7H2,1-3H3. The van der Waals surface area contributed by atoms with E-state index in [2.05, 4.69) is 37.4 Å². The highest BCUT2D eigenvalue weighted by Gasteiger charge is 2.01. The second-order valence-electron chi connectivity index (χ2n) is 3.55. The SMILES string of the molecule is Cc1ccc(NC(C)CO)c(C)c1. The summed E-state index contributed by atoms with van der Waals surface area (Å²) in [5.74, 6) is 0. The van der Waals surface area contributed by atoms with Crippen LogP contribution in [0.3, 0.4) is 0 Å². The van der Waals surface area contributed by atoms with Gasteiger partial charge in [0, 0.05) is 11.7 Å². The molecule has 0 amide bonds. The van der Waals surface area contributed by atoms with E-state index in [0.29, 0.717) is 0 Å². The van der Waals surface area contributed by atoms with Crippen molar-refractivity contribution in [1.29, 1.82) is 0 Å². The van der Waals surface area contributed by atoms with Crippen LogP contribution in [-0.2, 0) is 0 Å². The molecule has 0 heterocycles. The number of nitrogens with one attached hydrogen (secondary N) is 1. The molecular weight excluding hydrogens is 162 g/mol. The lowest BCUT2D eigenvalue weighted by molar-refractivity contribution is 0.281. The fourth-order valence-electron chi connectivity index (χ4n) is 1.29. The Bertz CT molecular complexity index is 283. The molecule has 1 unspecified atom stereocenters. The number of hydrogen-bond donors (Lipinski definition) is 2. The van der Waals surface area contributed by atoms with Crippen LogP contribution in [0.1, 0.15) is 18.1 Å². The molecule has 2 nitrogen and oxygen atoms in total. The lowest BCUT2D eigenvalue weighted by Crippen LogP contribution is -2.19. The van der Waals surface area contributed by atoms with Gasteiger partial charge in [-0.2, -0.15) is 0 Å². The smallest absolute Gasteiger partial charge is 0.0630 e. The summed E-state index contributed by atoms with van der Waals surface area (Å²) in [6.45, 7) is 6.26. The Balaban J connectivity index is 2.77. The van der Waals surface area contributed by atoms with Gasteiger partial charge in [0.05, 0.1) is 6.61 Å². The Hall–Kier alpha value is -1.02. The van der Waals surface area contributed by atoms with Crippen molar-refractivity contribution in [3.8, 4) is 0 Å². The number of aliphatic hydroxyl groups is 1. The van der Waals surface area contributed by atoms with E-state index in [1.54, 1.807) is 0 Å². The van der Waals surface area contributed by atoms with E-state index in [1.165, 1.54) is 11.1 Å². The van der Waals surface area contributed by atoms with Crippen LogP contribution in [0.2, 0.25) is 0 Å². The molecule has 1 aromatic carbocycles. The first-order valence-electron chi connectivity index (χ1n) is 4.58. The number of benzene rings is 1. The third kappa shape index (κ3) is 2.74. The van der Waals surface area contributed by atoms with Crippen molar-refractivity contribution in [3.05, 3.63) is 29.3 Å². The summed E-state index contributed by atoms with van der Waals surface area (Å²) in [6, 6.07) is 6.37. The van der Waals surface area contributed by atoms with Crippen LogP contribution in [-0.4, -0.2) is 17.8 Å². The van der Waals surface area contributed by atoms with Crippen LogP contribution in [0.4, 0.5) is 5.69 Å². The number of rotatable bonds is 3. The number of aryl methyl sites for hydroxylation is 2. The zero-order valence-corrected chi connectivity index (χ0v) is 8.46. The topological polar surface area (TPSA) is 32.3 Å². The van der Waals surface area contributed by atoms with Crippen molar-refractivity contribution >= 4 is 5.69 Å². The highest BCUT2D eigenvalue weighted by Crippen LogP contribution is 2.16. The summed E-state index contributed by atoms with van der Waals surface area (Å²) < 4.78 is 0. The fraction of sp³-hybridized carbons (Fsp3) is 0.455. The zero-order valence-electron chi connectivity index (χ0n) is 8.46. The molecule has 0 aliphatic rings. The van der Waals surface area contributed by atoms with Gasteiger partial charge in [-0.1, -0.05) is 17.7 Å². The normalized spacial score (nSPS) is 12.6. The van der Waals surface area contributed by atoms with Gasteiger partial charge in [0.2, 0.25) is 0 Å². The molecule has 0 fully saturated rings. The monoisotopic (exact) mass is 179 g/mol. The third-order valence-corrected chi connectivity index (χ3v) is 2.06. The summed E-state index contributed by atoms with van der Waals surface area (Å²) in [5.41, 5.74) is 3.59. The molecule has 0 radical (unpaired) electrons. The van der Waals surface area contributed by atoms with E-state index in [9.17, 15) is 0 Å². The first-order valence-corrected chi connectivity index (χ1v) is 4.58. The molecule has 0 spiro atoms. The highest BCUT2D eigenvalue weighted by atomic mass is 16.3. The zero-order chi connectivity index (χ0) is 9.84. The van der Waals surface area contributed by atoms with Crippen LogP contribution in [0, 0.1) is 13.8 Å². The molecule has 1 rings (SSSR count). The predicted molar refractivity (Wildman–Crippen MR) is 56.1 cm³/mol. The van der Waals surface area contributed by atoms with Gasteiger partial charge in [-0.3, -0.25) is 0 Å². The number of anilines is 1. The molecule has 1 aromatic rings. The Morgan fingerprint density at radius 3 is 2.62 bits per heavy atom. The number of aliphatic hydroxyl groups excluding tert-OH is 1. The maximum absolute atomic E-state index is 8.88. The van der Waals surface area contributed by atoms with Crippen LogP contribution in [0.25, 0.3) is 0 Å². The Morgan fingerprint density at radius 1 is 1.38 bits per heavy atom. The van der Waals surface area contributed by atoms with Crippen molar-refractivity contribution in [2.75, 3.05) is 11.9 Å². The Morgan fingerprint density at radius 2 is 2.08 bits per heavy atom. The van der Waals surface area contributed by atoms with Crippen molar-refractivity contribution in [3.63, 3.8) is 0 Å². The molecule has 0 aliphatic carbocycles. The molecule has 13 heavy (non-hydrogen) atoms. The summed E-state index contributed by atoms with van der Waals surface area (Å²) in [4.78, 5) is 0. The van der Waals surface area contributed by atoms with Crippen molar-refractivity contribution in [1.82, 2.24) is 0 Å². The summed E-state index contributed by atoms with van der Waals surface area (Å²) in [7, 11) is 0. The molecular formula is C11H17NO. The van der Waals surface area contributed by atoms with Gasteiger partial charge in [0.15, 0.2) is 0 Å². The van der Waals surface area contributed by atoms with E-state index >= 15 is 0 Å². The summed E-state index contributed by atoms with van der Waals surface area (Å²) in [5, 5.41) is 12.1. The van der Waals surface area contributed by atoms with Crippen LogP contribution in [0.5, 0.6) is 0 Å². The van der Waals surface area contributed by atoms with E-state index in [4.69, 9.17) is 5.11 Å². The van der Waals surface area contributed by atoms with Crippen LogP contribution in [0.15, 0.2) is 18.2 Å². The molecule has 72 valence electrons. The minimum atomic E-state index is 0.112. The largest absolute Gasteiger partial charge is 0.394 e. The van der Waals surface area contributed by atoms with Crippen molar-refractivity contribution in [2.45, 2.75) is 26.8 Å². The van der Waals surface area contributed by atoms with Gasteiger partial charge in [-0.15, -0.1) is 0 Å². The summed E-state index contributed by atoms with van der Waals surface area (Å²) in [6.07, 6.45) is 0. The van der Waals surface area contributed by atoms with Gasteiger partial charge < -0.3 is 10.4 Å². The molecule has 0 saturated carbocycles. The highest BCUT2D eigenvalue weighted by molar-refractivity contribution is 5.52. The van der Waals surface area contributed by atoms with Gasteiger partial charge in [-0.25, -0.2) is 0 Å². The van der Waals surface area contributed by atoms with Gasteiger partial charge >= 0.3 is 0 Å². The van der Waals surface area contributed by atoms with Crippen molar-refractivity contribution < 1.29 is 5.11 Å². The Labute approximate surface area is 79.6 Å². The minimum absolute atomic E-state index is 0.112. The molecule has 2 heteroatoms. The van der Waals surface area contributed by atoms with Gasteiger partial charge in [0.25, 0.3) is 0 Å². The predicted octanol–water partition coefficient (Wildman–Crippen LogP) is 2.10. The molecule has 0 aliphatic heterocycles. The van der Waals surface area contributed by atoms with E-state index in [0.717, 1.165) is 5.69 Å². The average molecular weight is 179 g/mol. The fourth-order valence-corrected chi connectivity index (χ4v) is 1.29. The first kappa shape index (κ1) is 10.1. The lowest BCUT2D eigenvalue weighted by Gasteiger charge is -2.14. The van der Waals surface area contributed by atoms with Crippen molar-refractivity contribution in [2.24, 2.45) is 0 Å². The third-order valence-electron chi connectivity index (χ3n) is 2.06. The maximum atomic E-state index is 8.88. The Kier molecular flexibility index (Phi) is 3.32. The minimum Gasteiger partial charge on any atom is -0.394 e. The second kappa shape index (κ2) is 4.28. The molecule has 2 N–H and O–H groups in total. The molecule has 0 aromatic heterocycles. The number of hydrogen-bond acceptors (Lipinski definition) is 2. The van der Waals surface area contributed by atoms with Gasteiger partial charge in [-0.05, 0) is 32.4 Å². The van der Waals surface area contributed by atoms with E-state index < -0.39 is 0 Å². The van der Waals surface area contributed by atoms with Crippen LogP contribution >= 0.6 is 0 Å². The van der Waals surface area contributed by atoms with E-state index in [-0.39, 0.29) is 12.6 Å². The lowest BCUT2D eigenvalue weighted by atomic mass is 10.1. The van der Waals surface area contributed by atoms with Gasteiger partial charge in [0.1, 0.15) is 0 Å². The van der Waals surface area contributed by atoms with Crippen LogP contribution < -0.4 is 5.32 Å². The second-order valence-corrected chi connectivity index (χ2v) is 3.55. The molecule has 0 saturated heterocycles. The first-order chi connectivity index (χ1) is 6.13. The summed E-state index contributed by atoms with van der Waals surface area (Å²) >= 11 is 0. The molecule has 1 atom stereocenters. The maximum Gasteiger partial charge on any atom is 0.0630 e. The average Bonchev–Trinajstić information content (AvgIpc) is 2.09.